The maximum absolute atomic E-state index is 15.7. The summed E-state index contributed by atoms with van der Waals surface area (Å²) in [5.74, 6) is 4.23. The summed E-state index contributed by atoms with van der Waals surface area (Å²) in [6, 6.07) is 4.52. The molecular weight excluding hydrogens is 403 g/mol. The van der Waals surface area contributed by atoms with Gasteiger partial charge in [-0.3, -0.25) is 0 Å². The fraction of sp³-hybridized carbons (Fsp3) is 0.812. The second-order valence-electron chi connectivity index (χ2n) is 12.1. The molecule has 2 fully saturated rings. The van der Waals surface area contributed by atoms with Crippen molar-refractivity contribution in [1.29, 1.82) is 0 Å². The van der Waals surface area contributed by atoms with Crippen molar-refractivity contribution < 1.29 is 4.39 Å². The topological polar surface area (TPSA) is 0 Å². The van der Waals surface area contributed by atoms with Gasteiger partial charge in [-0.05, 0) is 97.6 Å². The minimum Gasteiger partial charge on any atom is -0.206 e. The van der Waals surface area contributed by atoms with Crippen LogP contribution in [0, 0.1) is 29.5 Å². The molecule has 0 amide bonds. The molecule has 3 aliphatic rings. The molecule has 0 heterocycles. The predicted molar refractivity (Wildman–Crippen MR) is 140 cm³/mol. The van der Waals surface area contributed by atoms with Crippen LogP contribution in [0.5, 0.6) is 0 Å². The Morgan fingerprint density at radius 2 is 1.42 bits per heavy atom. The first-order valence-electron chi connectivity index (χ1n) is 15.0. The van der Waals surface area contributed by atoms with E-state index in [0.717, 1.165) is 47.6 Å². The highest BCUT2D eigenvalue weighted by atomic mass is 19.1. The van der Waals surface area contributed by atoms with Crippen molar-refractivity contribution in [2.24, 2.45) is 23.7 Å². The van der Waals surface area contributed by atoms with E-state index in [0.29, 0.717) is 5.92 Å². The van der Waals surface area contributed by atoms with Crippen molar-refractivity contribution >= 4 is 0 Å². The van der Waals surface area contributed by atoms with Crippen LogP contribution in [0.3, 0.4) is 0 Å². The third-order valence-electron chi connectivity index (χ3n) is 9.77. The molecule has 0 bridgehead atoms. The van der Waals surface area contributed by atoms with Gasteiger partial charge in [-0.25, -0.2) is 4.39 Å². The highest BCUT2D eigenvalue weighted by Crippen LogP contribution is 2.49. The Balaban J connectivity index is 1.29. The van der Waals surface area contributed by atoms with E-state index < -0.39 is 0 Å². The number of benzene rings is 1. The molecule has 0 saturated heterocycles. The smallest absolute Gasteiger partial charge is 0.130 e. The fourth-order valence-electron chi connectivity index (χ4n) is 7.71. The zero-order chi connectivity index (χ0) is 23.0. The molecule has 0 aromatic heterocycles. The molecule has 4 rings (SSSR count). The Hall–Kier alpha value is -0.850. The third kappa shape index (κ3) is 6.64. The molecule has 5 atom stereocenters. The van der Waals surface area contributed by atoms with Crippen molar-refractivity contribution in [1.82, 2.24) is 0 Å². The molecule has 0 nitrogen and oxygen atoms in total. The number of fused-ring (bicyclic) bond motifs is 2. The zero-order valence-corrected chi connectivity index (χ0v) is 21.9. The molecule has 0 spiro atoms. The van der Waals surface area contributed by atoms with Gasteiger partial charge in [0.25, 0.3) is 0 Å². The van der Waals surface area contributed by atoms with Gasteiger partial charge in [0.05, 0.1) is 0 Å². The van der Waals surface area contributed by atoms with Gasteiger partial charge in [0.15, 0.2) is 0 Å². The zero-order valence-electron chi connectivity index (χ0n) is 21.9. The molecule has 0 N–H and O–H groups in total. The van der Waals surface area contributed by atoms with E-state index >= 15 is 4.39 Å². The number of halogens is 1. The van der Waals surface area contributed by atoms with Gasteiger partial charge in [-0.2, -0.15) is 0 Å². The van der Waals surface area contributed by atoms with Crippen LogP contribution in [0.1, 0.15) is 146 Å². The second-order valence-corrected chi connectivity index (χ2v) is 12.1. The third-order valence-corrected chi connectivity index (χ3v) is 9.77. The first-order chi connectivity index (χ1) is 16.2. The van der Waals surface area contributed by atoms with E-state index in [2.05, 4.69) is 26.0 Å². The van der Waals surface area contributed by atoms with Crippen molar-refractivity contribution in [2.75, 3.05) is 0 Å². The van der Waals surface area contributed by atoms with Crippen molar-refractivity contribution in [2.45, 2.75) is 142 Å². The van der Waals surface area contributed by atoms with Gasteiger partial charge in [0.1, 0.15) is 5.82 Å². The van der Waals surface area contributed by atoms with Crippen LogP contribution in [0.15, 0.2) is 12.1 Å². The summed E-state index contributed by atoms with van der Waals surface area (Å²) in [5.41, 5.74) is 3.50. The lowest BCUT2D eigenvalue weighted by Crippen LogP contribution is -2.31. The van der Waals surface area contributed by atoms with E-state index in [1.54, 1.807) is 0 Å². The summed E-state index contributed by atoms with van der Waals surface area (Å²) in [7, 11) is 0. The highest BCUT2D eigenvalue weighted by molar-refractivity contribution is 5.38. The van der Waals surface area contributed by atoms with Crippen LogP contribution in [-0.2, 0) is 12.8 Å². The number of unbranched alkanes of at least 4 members (excludes halogenated alkanes) is 6. The number of hydrogen-bond acceptors (Lipinski definition) is 0. The molecule has 0 radical (unpaired) electrons. The highest BCUT2D eigenvalue weighted by Gasteiger charge is 2.37. The van der Waals surface area contributed by atoms with E-state index in [1.807, 2.05) is 0 Å². The summed E-state index contributed by atoms with van der Waals surface area (Å²) in [4.78, 5) is 0. The van der Waals surface area contributed by atoms with Gasteiger partial charge < -0.3 is 0 Å². The summed E-state index contributed by atoms with van der Waals surface area (Å²) in [6.45, 7) is 4.58. The molecule has 186 valence electrons. The average molecular weight is 455 g/mol. The number of rotatable bonds is 11. The lowest BCUT2D eigenvalue weighted by molar-refractivity contribution is 0.112. The second kappa shape index (κ2) is 12.7. The lowest BCUT2D eigenvalue weighted by Gasteiger charge is -2.42. The normalized spacial score (nSPS) is 29.5. The molecule has 33 heavy (non-hydrogen) atoms. The molecule has 2 saturated carbocycles. The van der Waals surface area contributed by atoms with Crippen LogP contribution in [-0.4, -0.2) is 0 Å². The molecule has 0 aliphatic heterocycles. The Kier molecular flexibility index (Phi) is 9.75. The van der Waals surface area contributed by atoms with Gasteiger partial charge in [0.2, 0.25) is 0 Å². The fourth-order valence-corrected chi connectivity index (χ4v) is 7.71. The van der Waals surface area contributed by atoms with Crippen molar-refractivity contribution in [3.05, 3.63) is 34.6 Å². The maximum Gasteiger partial charge on any atom is 0.130 e. The maximum atomic E-state index is 15.7. The summed E-state index contributed by atoms with van der Waals surface area (Å²) < 4.78 is 15.7. The first-order valence-corrected chi connectivity index (χ1v) is 15.0. The molecular formula is C32H51F. The van der Waals surface area contributed by atoms with Crippen molar-refractivity contribution in [3.8, 4) is 0 Å². The summed E-state index contributed by atoms with van der Waals surface area (Å²) >= 11 is 0. The largest absolute Gasteiger partial charge is 0.206 e. The van der Waals surface area contributed by atoms with E-state index in [4.69, 9.17) is 0 Å². The van der Waals surface area contributed by atoms with E-state index in [9.17, 15) is 0 Å². The standard InChI is InChI=1S/C32H51F/c1-3-5-7-8-10-12-24-13-15-27-23-29(17-16-26(27)21-24)31-20-18-28-22-25(11-9-6-4-2)14-19-30(28)32(31)33/h18,20,24-27,29H,3-17,19,21-23H2,1-2H3. The average Bonchev–Trinajstić information content (AvgIpc) is 2.84. The van der Waals surface area contributed by atoms with Crippen LogP contribution in [0.25, 0.3) is 0 Å². The van der Waals surface area contributed by atoms with Crippen LogP contribution < -0.4 is 0 Å². The number of hydrogen-bond donors (Lipinski definition) is 0. The Labute approximate surface area is 204 Å². The van der Waals surface area contributed by atoms with Gasteiger partial charge >= 0.3 is 0 Å². The van der Waals surface area contributed by atoms with E-state index in [1.165, 1.54) is 115 Å². The SMILES string of the molecule is CCCCCCCC1CCC2CC(c3ccc4c(c3F)CCC(CCCCC)C4)CCC2C1. The minimum absolute atomic E-state index is 0.198. The minimum atomic E-state index is 0.198. The van der Waals surface area contributed by atoms with E-state index in [-0.39, 0.29) is 5.82 Å². The molecule has 5 unspecified atom stereocenters. The summed E-state index contributed by atoms with van der Waals surface area (Å²) in [5, 5.41) is 0. The Morgan fingerprint density at radius 3 is 2.27 bits per heavy atom. The lowest BCUT2D eigenvalue weighted by atomic mass is 9.63. The van der Waals surface area contributed by atoms with Crippen LogP contribution in [0.2, 0.25) is 0 Å². The van der Waals surface area contributed by atoms with Gasteiger partial charge in [-0.1, -0.05) is 96.6 Å². The molecule has 1 aromatic rings. The molecule has 1 heteroatoms. The van der Waals surface area contributed by atoms with Gasteiger partial charge in [-0.15, -0.1) is 0 Å². The first kappa shape index (κ1) is 25.2. The van der Waals surface area contributed by atoms with Crippen LogP contribution >= 0.6 is 0 Å². The van der Waals surface area contributed by atoms with Crippen LogP contribution in [0.4, 0.5) is 4.39 Å². The quantitative estimate of drug-likeness (QED) is 0.292. The van der Waals surface area contributed by atoms with Crippen molar-refractivity contribution in [3.63, 3.8) is 0 Å². The monoisotopic (exact) mass is 454 g/mol. The van der Waals surface area contributed by atoms with Gasteiger partial charge in [0, 0.05) is 0 Å². The Morgan fingerprint density at radius 1 is 0.727 bits per heavy atom. The predicted octanol–water partition coefficient (Wildman–Crippen LogP) is 10.2. The Bertz CT molecular complexity index is 721. The summed E-state index contributed by atoms with van der Waals surface area (Å²) in [6.07, 6.45) is 25.3. The molecule has 3 aliphatic carbocycles. The molecule has 1 aromatic carbocycles.